The molecule has 0 bridgehead atoms. The van der Waals surface area contributed by atoms with Gasteiger partial charge < -0.3 is 14.9 Å². The summed E-state index contributed by atoms with van der Waals surface area (Å²) in [5, 5.41) is 17.5. The third-order valence-corrected chi connectivity index (χ3v) is 2.74. The molecule has 0 saturated heterocycles. The first-order chi connectivity index (χ1) is 7.57. The molecular formula is C12H22O5. The van der Waals surface area contributed by atoms with E-state index < -0.39 is 23.0 Å². The van der Waals surface area contributed by atoms with Crippen LogP contribution in [0.2, 0.25) is 0 Å². The normalized spacial score (nSPS) is 12.5. The lowest BCUT2D eigenvalue weighted by molar-refractivity contribution is -0.149. The van der Waals surface area contributed by atoms with Crippen molar-refractivity contribution in [2.75, 3.05) is 6.61 Å². The third-order valence-electron chi connectivity index (χ3n) is 2.74. The molecule has 0 rings (SSSR count). The monoisotopic (exact) mass is 246 g/mol. The van der Waals surface area contributed by atoms with E-state index in [0.29, 0.717) is 19.4 Å². The van der Waals surface area contributed by atoms with Gasteiger partial charge in [-0.1, -0.05) is 0 Å². The second kappa shape index (κ2) is 6.00. The van der Waals surface area contributed by atoms with Crippen molar-refractivity contribution in [2.24, 2.45) is 5.41 Å². The fourth-order valence-corrected chi connectivity index (χ4v) is 1.17. The summed E-state index contributed by atoms with van der Waals surface area (Å²) >= 11 is 0. The van der Waals surface area contributed by atoms with Gasteiger partial charge in [0.05, 0.1) is 11.0 Å². The Morgan fingerprint density at radius 1 is 1.06 bits per heavy atom. The van der Waals surface area contributed by atoms with Crippen molar-refractivity contribution in [3.05, 3.63) is 0 Å². The molecule has 0 aliphatic rings. The van der Waals surface area contributed by atoms with E-state index in [2.05, 4.69) is 0 Å². The standard InChI is InChI=1S/C12H22O5/c1-11(2,10(15)16)7-8-17-12(3,4)6-5-9(13)14/h5-8H2,1-4H3,(H,13,14)(H,15,16). The maximum atomic E-state index is 10.9. The summed E-state index contributed by atoms with van der Waals surface area (Å²) in [6.07, 6.45) is 0.865. The lowest BCUT2D eigenvalue weighted by atomic mass is 9.90. The first-order valence-corrected chi connectivity index (χ1v) is 5.66. The van der Waals surface area contributed by atoms with Crippen LogP contribution in [-0.4, -0.2) is 34.4 Å². The van der Waals surface area contributed by atoms with Gasteiger partial charge in [0.2, 0.25) is 0 Å². The Bertz CT molecular complexity index is 281. The van der Waals surface area contributed by atoms with E-state index in [9.17, 15) is 9.59 Å². The quantitative estimate of drug-likeness (QED) is 0.685. The number of hydrogen-bond donors (Lipinski definition) is 2. The van der Waals surface area contributed by atoms with Crippen LogP contribution in [0.1, 0.15) is 47.0 Å². The van der Waals surface area contributed by atoms with Crippen LogP contribution >= 0.6 is 0 Å². The van der Waals surface area contributed by atoms with Crippen LogP contribution in [0.25, 0.3) is 0 Å². The average molecular weight is 246 g/mol. The summed E-state index contributed by atoms with van der Waals surface area (Å²) in [4.78, 5) is 21.3. The van der Waals surface area contributed by atoms with E-state index >= 15 is 0 Å². The molecule has 0 heterocycles. The fourth-order valence-electron chi connectivity index (χ4n) is 1.17. The molecule has 5 heteroatoms. The summed E-state index contributed by atoms with van der Waals surface area (Å²) in [5.41, 5.74) is -1.35. The minimum absolute atomic E-state index is 0.0509. The zero-order valence-corrected chi connectivity index (χ0v) is 10.9. The third kappa shape index (κ3) is 6.94. The van der Waals surface area contributed by atoms with Crippen molar-refractivity contribution in [1.82, 2.24) is 0 Å². The summed E-state index contributed by atoms with van der Waals surface area (Å²) in [6.45, 7) is 7.21. The molecule has 0 aromatic heterocycles. The highest BCUT2D eigenvalue weighted by Gasteiger charge is 2.28. The second-order valence-electron chi connectivity index (χ2n) is 5.44. The van der Waals surface area contributed by atoms with Gasteiger partial charge in [-0.05, 0) is 40.5 Å². The molecular weight excluding hydrogens is 224 g/mol. The minimum Gasteiger partial charge on any atom is -0.481 e. The Hall–Kier alpha value is -1.10. The summed E-state index contributed by atoms with van der Waals surface area (Å²) < 4.78 is 5.54. The Morgan fingerprint density at radius 3 is 2.00 bits per heavy atom. The van der Waals surface area contributed by atoms with E-state index in [1.807, 2.05) is 13.8 Å². The summed E-state index contributed by atoms with van der Waals surface area (Å²) in [5.74, 6) is -1.71. The van der Waals surface area contributed by atoms with Gasteiger partial charge in [0.15, 0.2) is 0 Å². The molecule has 0 spiro atoms. The maximum absolute atomic E-state index is 10.9. The van der Waals surface area contributed by atoms with Crippen molar-refractivity contribution in [3.8, 4) is 0 Å². The number of carboxylic acid groups (broad SMARTS) is 2. The first kappa shape index (κ1) is 15.9. The Kier molecular flexibility index (Phi) is 5.61. The van der Waals surface area contributed by atoms with E-state index in [-0.39, 0.29) is 6.42 Å². The molecule has 5 nitrogen and oxygen atoms in total. The predicted molar refractivity (Wildman–Crippen MR) is 62.9 cm³/mol. The molecule has 0 aromatic rings. The van der Waals surface area contributed by atoms with Gasteiger partial charge in [0, 0.05) is 13.0 Å². The highest BCUT2D eigenvalue weighted by molar-refractivity contribution is 5.73. The zero-order chi connectivity index (χ0) is 13.7. The van der Waals surface area contributed by atoms with Crippen LogP contribution in [0.15, 0.2) is 0 Å². The summed E-state index contributed by atoms with van der Waals surface area (Å²) in [7, 11) is 0. The molecule has 0 aliphatic heterocycles. The Morgan fingerprint density at radius 2 is 1.59 bits per heavy atom. The van der Waals surface area contributed by atoms with E-state index in [4.69, 9.17) is 14.9 Å². The van der Waals surface area contributed by atoms with Gasteiger partial charge in [-0.2, -0.15) is 0 Å². The molecule has 100 valence electrons. The number of hydrogen-bond acceptors (Lipinski definition) is 3. The average Bonchev–Trinajstić information content (AvgIpc) is 2.14. The number of carboxylic acids is 2. The van der Waals surface area contributed by atoms with Gasteiger partial charge >= 0.3 is 11.9 Å². The predicted octanol–water partition coefficient (Wildman–Crippen LogP) is 2.15. The molecule has 2 N–H and O–H groups in total. The number of rotatable bonds is 8. The largest absolute Gasteiger partial charge is 0.481 e. The lowest BCUT2D eigenvalue weighted by Crippen LogP contribution is -2.30. The molecule has 0 radical (unpaired) electrons. The number of aliphatic carboxylic acids is 2. The van der Waals surface area contributed by atoms with Crippen LogP contribution in [0.5, 0.6) is 0 Å². The first-order valence-electron chi connectivity index (χ1n) is 5.66. The van der Waals surface area contributed by atoms with E-state index in [1.165, 1.54) is 0 Å². The van der Waals surface area contributed by atoms with Crippen molar-refractivity contribution < 1.29 is 24.5 Å². The van der Waals surface area contributed by atoms with Gasteiger partial charge in [0.1, 0.15) is 0 Å². The Labute approximate surface area is 102 Å². The van der Waals surface area contributed by atoms with Crippen LogP contribution in [-0.2, 0) is 14.3 Å². The maximum Gasteiger partial charge on any atom is 0.309 e. The lowest BCUT2D eigenvalue weighted by Gasteiger charge is -2.27. The fraction of sp³-hybridized carbons (Fsp3) is 0.833. The zero-order valence-electron chi connectivity index (χ0n) is 10.9. The molecule has 17 heavy (non-hydrogen) atoms. The summed E-state index contributed by atoms with van der Waals surface area (Å²) in [6, 6.07) is 0. The molecule has 0 aliphatic carbocycles. The molecule has 0 amide bonds. The van der Waals surface area contributed by atoms with Gasteiger partial charge in [-0.15, -0.1) is 0 Å². The number of carbonyl (C=O) groups is 2. The van der Waals surface area contributed by atoms with Crippen molar-refractivity contribution in [3.63, 3.8) is 0 Å². The second-order valence-corrected chi connectivity index (χ2v) is 5.44. The minimum atomic E-state index is -0.857. The van der Waals surface area contributed by atoms with Crippen LogP contribution < -0.4 is 0 Å². The van der Waals surface area contributed by atoms with Crippen molar-refractivity contribution in [2.45, 2.75) is 52.6 Å². The molecule has 0 saturated carbocycles. The van der Waals surface area contributed by atoms with Crippen LogP contribution in [0.3, 0.4) is 0 Å². The highest BCUT2D eigenvalue weighted by atomic mass is 16.5. The van der Waals surface area contributed by atoms with Gasteiger partial charge in [-0.3, -0.25) is 9.59 Å². The molecule has 0 fully saturated rings. The van der Waals surface area contributed by atoms with Crippen molar-refractivity contribution >= 4 is 11.9 Å². The van der Waals surface area contributed by atoms with Gasteiger partial charge in [-0.25, -0.2) is 0 Å². The van der Waals surface area contributed by atoms with Gasteiger partial charge in [0.25, 0.3) is 0 Å². The highest BCUT2D eigenvalue weighted by Crippen LogP contribution is 2.23. The van der Waals surface area contributed by atoms with Crippen LogP contribution in [0, 0.1) is 5.41 Å². The molecule has 0 unspecified atom stereocenters. The topological polar surface area (TPSA) is 83.8 Å². The smallest absolute Gasteiger partial charge is 0.309 e. The van der Waals surface area contributed by atoms with Crippen molar-refractivity contribution in [1.29, 1.82) is 0 Å². The number of ether oxygens (including phenoxy) is 1. The molecule has 0 atom stereocenters. The SMILES string of the molecule is CC(C)(CCC(=O)O)OCCC(C)(C)C(=O)O. The van der Waals surface area contributed by atoms with E-state index in [1.54, 1.807) is 13.8 Å². The van der Waals surface area contributed by atoms with E-state index in [0.717, 1.165) is 0 Å². The Balaban J connectivity index is 4.02. The van der Waals surface area contributed by atoms with Crippen LogP contribution in [0.4, 0.5) is 0 Å². The molecule has 0 aromatic carbocycles.